The van der Waals surface area contributed by atoms with Gasteiger partial charge in [0.05, 0.1) is 34.2 Å². The predicted molar refractivity (Wildman–Crippen MR) is 163 cm³/mol. The molecule has 0 aliphatic heterocycles. The van der Waals surface area contributed by atoms with E-state index in [1.165, 1.54) is 153 Å². The molecule has 0 fully saturated rings. The highest BCUT2D eigenvalue weighted by Crippen LogP contribution is 2.24. The first-order chi connectivity index (χ1) is 17.2. The van der Waals surface area contributed by atoms with Gasteiger partial charge in [0.1, 0.15) is 24.7 Å². The molecule has 6 heteroatoms. The van der Waals surface area contributed by atoms with Gasteiger partial charge in [-0.15, -0.1) is 0 Å². The molecule has 0 aromatic rings. The normalized spacial score (nSPS) is 13.2. The van der Waals surface area contributed by atoms with Gasteiger partial charge >= 0.3 is 0 Å². The third-order valence-corrected chi connectivity index (χ3v) is 8.82. The average molecular weight is 753 g/mol. The van der Waals surface area contributed by atoms with Crippen LogP contribution in [0.4, 0.5) is 0 Å². The fourth-order valence-electron chi connectivity index (χ4n) is 6.35. The van der Waals surface area contributed by atoms with E-state index < -0.39 is 0 Å². The Bertz CT molecular complexity index is 475. The van der Waals surface area contributed by atoms with Crippen molar-refractivity contribution in [3.05, 3.63) is 0 Å². The number of hydrogen-bond acceptors (Lipinski definition) is 0. The van der Waals surface area contributed by atoms with E-state index in [9.17, 15) is 0 Å². The number of likely N-dealkylation sites (N-methyl/N-ethyl adjacent to an activating group) is 2. The van der Waals surface area contributed by atoms with Crippen LogP contribution in [0.5, 0.6) is 0 Å². The summed E-state index contributed by atoms with van der Waals surface area (Å²) in [6, 6.07) is 0.734. The maximum absolute atomic E-state index is 2.72. The van der Waals surface area contributed by atoms with Crippen LogP contribution in [0.2, 0.25) is 0 Å². The van der Waals surface area contributed by atoms with E-state index in [0.717, 1.165) is 6.04 Å². The molecular formula is C33H74Br3N3. The van der Waals surface area contributed by atoms with Crippen molar-refractivity contribution in [2.45, 2.75) is 168 Å². The van der Waals surface area contributed by atoms with Crippen LogP contribution in [-0.2, 0) is 0 Å². The number of halogens is 3. The Morgan fingerprint density at radius 1 is 0.590 bits per heavy atom. The van der Waals surface area contributed by atoms with Gasteiger partial charge in [0.25, 0.3) is 0 Å². The molecule has 2 atom stereocenters. The Labute approximate surface area is 279 Å². The minimum Gasteiger partial charge on any atom is -1.00 e. The number of rotatable bonds is 27. The molecule has 0 saturated heterocycles. The first kappa shape index (κ1) is 47.3. The zero-order chi connectivity index (χ0) is 27.1. The summed E-state index contributed by atoms with van der Waals surface area (Å²) >= 11 is 0. The molecule has 0 aliphatic carbocycles. The highest BCUT2D eigenvalue weighted by molar-refractivity contribution is 4.78. The van der Waals surface area contributed by atoms with E-state index in [2.05, 4.69) is 61.1 Å². The predicted octanol–water partition coefficient (Wildman–Crippen LogP) is -2.23. The summed E-state index contributed by atoms with van der Waals surface area (Å²) in [5.74, 6) is 0. The van der Waals surface area contributed by atoms with Gasteiger partial charge < -0.3 is 65.6 Å². The number of quaternary nitrogens is 3. The molecule has 0 aromatic heterocycles. The molecule has 0 heterocycles. The highest BCUT2D eigenvalue weighted by Gasteiger charge is 2.43. The topological polar surface area (TPSA) is 21.1 Å². The molecular weight excluding hydrogens is 678 g/mol. The molecule has 39 heavy (non-hydrogen) atoms. The molecule has 0 aromatic carbocycles. The van der Waals surface area contributed by atoms with Gasteiger partial charge in [0.2, 0.25) is 0 Å². The molecule has 0 amide bonds. The van der Waals surface area contributed by atoms with Crippen LogP contribution in [0.1, 0.15) is 157 Å². The highest BCUT2D eigenvalue weighted by atomic mass is 79.9. The Hall–Kier alpha value is 1.32. The molecule has 0 radical (unpaired) electrons. The lowest BCUT2D eigenvalue weighted by Crippen LogP contribution is -3.13. The summed E-state index contributed by atoms with van der Waals surface area (Å²) in [4.78, 5) is 1.73. The molecule has 0 rings (SSSR count). The molecule has 2 unspecified atom stereocenters. The molecule has 0 aliphatic rings. The second-order valence-electron chi connectivity index (χ2n) is 13.4. The SMILES string of the molecule is CCCCCCCCC(C(C)(C)[NH2+]CC[NH+](C)CCCCCCCC)[N+](C)(C)CCCCCCCC.[Br-].[Br-].[Br-]. The molecule has 3 N–H and O–H groups in total. The second-order valence-corrected chi connectivity index (χ2v) is 13.4. The largest absolute Gasteiger partial charge is 1.00 e. The summed E-state index contributed by atoms with van der Waals surface area (Å²) in [6.45, 7) is 17.3. The molecule has 3 nitrogen and oxygen atoms in total. The van der Waals surface area contributed by atoms with Gasteiger partial charge in [-0.05, 0) is 46.0 Å². The van der Waals surface area contributed by atoms with E-state index in [1.54, 1.807) is 4.90 Å². The van der Waals surface area contributed by atoms with E-state index in [0.29, 0.717) is 5.54 Å². The van der Waals surface area contributed by atoms with Gasteiger partial charge in [-0.1, -0.05) is 104 Å². The van der Waals surface area contributed by atoms with E-state index in [-0.39, 0.29) is 50.9 Å². The Balaban J connectivity index is -0.00000204. The van der Waals surface area contributed by atoms with Crippen LogP contribution in [0.15, 0.2) is 0 Å². The van der Waals surface area contributed by atoms with Crippen molar-refractivity contribution in [3.63, 3.8) is 0 Å². The molecule has 242 valence electrons. The van der Waals surface area contributed by atoms with Crippen LogP contribution in [0.3, 0.4) is 0 Å². The third kappa shape index (κ3) is 26.7. The summed E-state index contributed by atoms with van der Waals surface area (Å²) in [5, 5.41) is 2.72. The van der Waals surface area contributed by atoms with Crippen molar-refractivity contribution < 1.29 is 65.6 Å². The van der Waals surface area contributed by atoms with Crippen molar-refractivity contribution in [2.75, 3.05) is 47.3 Å². The molecule has 0 bridgehead atoms. The van der Waals surface area contributed by atoms with E-state index in [4.69, 9.17) is 0 Å². The maximum atomic E-state index is 2.72. The van der Waals surface area contributed by atoms with Crippen molar-refractivity contribution in [2.24, 2.45) is 0 Å². The fraction of sp³-hybridized carbons (Fsp3) is 1.00. The minimum atomic E-state index is 0. The summed E-state index contributed by atoms with van der Waals surface area (Å²) < 4.78 is 1.20. The van der Waals surface area contributed by atoms with Crippen LogP contribution in [0.25, 0.3) is 0 Å². The fourth-order valence-corrected chi connectivity index (χ4v) is 6.35. The van der Waals surface area contributed by atoms with Crippen molar-refractivity contribution in [1.29, 1.82) is 0 Å². The van der Waals surface area contributed by atoms with Crippen LogP contribution in [0, 0.1) is 0 Å². The lowest BCUT2D eigenvalue weighted by Gasteiger charge is -2.45. The molecule has 0 spiro atoms. The maximum Gasteiger partial charge on any atom is 0.143 e. The first-order valence-electron chi connectivity index (χ1n) is 16.7. The number of hydrogen-bond donors (Lipinski definition) is 2. The van der Waals surface area contributed by atoms with Crippen LogP contribution >= 0.6 is 0 Å². The number of nitrogens with two attached hydrogens (primary N) is 1. The lowest BCUT2D eigenvalue weighted by atomic mass is 9.86. The Morgan fingerprint density at radius 2 is 1.00 bits per heavy atom. The van der Waals surface area contributed by atoms with Crippen molar-refractivity contribution >= 4 is 0 Å². The number of unbranched alkanes of at least 4 members (excludes halogenated alkanes) is 15. The summed E-state index contributed by atoms with van der Waals surface area (Å²) in [5.41, 5.74) is 0.301. The Morgan fingerprint density at radius 3 is 1.49 bits per heavy atom. The van der Waals surface area contributed by atoms with Crippen molar-refractivity contribution in [1.82, 2.24) is 0 Å². The van der Waals surface area contributed by atoms with Crippen LogP contribution in [-0.4, -0.2) is 63.4 Å². The average Bonchev–Trinajstić information content (AvgIpc) is 2.82. The second kappa shape index (κ2) is 30.8. The van der Waals surface area contributed by atoms with E-state index in [1.807, 2.05) is 0 Å². The van der Waals surface area contributed by atoms with Crippen LogP contribution < -0.4 is 61.2 Å². The van der Waals surface area contributed by atoms with Gasteiger partial charge in [-0.25, -0.2) is 0 Å². The lowest BCUT2D eigenvalue weighted by molar-refractivity contribution is -0.950. The quantitative estimate of drug-likeness (QED) is 0.0702. The summed E-state index contributed by atoms with van der Waals surface area (Å²) in [6.07, 6.45) is 26.8. The molecule has 0 saturated carbocycles. The summed E-state index contributed by atoms with van der Waals surface area (Å²) in [7, 11) is 7.50. The van der Waals surface area contributed by atoms with Gasteiger partial charge in [-0.2, -0.15) is 0 Å². The minimum absolute atomic E-state index is 0. The third-order valence-electron chi connectivity index (χ3n) is 8.82. The van der Waals surface area contributed by atoms with Gasteiger partial charge in [-0.3, -0.25) is 0 Å². The number of nitrogens with one attached hydrogen (secondary N) is 1. The van der Waals surface area contributed by atoms with Gasteiger partial charge in [0, 0.05) is 6.42 Å². The van der Waals surface area contributed by atoms with Gasteiger partial charge in [0.15, 0.2) is 0 Å². The van der Waals surface area contributed by atoms with Crippen molar-refractivity contribution in [3.8, 4) is 0 Å². The first-order valence-corrected chi connectivity index (χ1v) is 16.7. The monoisotopic (exact) mass is 749 g/mol. The Kier molecular flexibility index (Phi) is 37.3. The number of nitrogens with zero attached hydrogens (tertiary/aromatic N) is 1. The van der Waals surface area contributed by atoms with E-state index >= 15 is 0 Å². The standard InChI is InChI=1S/C33H72N3.3BrH/c1-9-12-15-18-21-24-27-32(36(7,8)31-26-23-20-17-14-11-3)33(4,5)34-28-30-35(6)29-25-22-19-16-13-10-2;;;/h32,34H,9-31H2,1-8H3;3*1H/q+1;;;/p-1. The smallest absolute Gasteiger partial charge is 0.143 e. The zero-order valence-electron chi connectivity index (χ0n) is 28.0. The zero-order valence-corrected chi connectivity index (χ0v) is 32.8.